The molecule has 0 bridgehead atoms. The van der Waals surface area contributed by atoms with Crippen molar-refractivity contribution in [1.29, 1.82) is 0 Å². The van der Waals surface area contributed by atoms with E-state index in [-0.39, 0.29) is 11.8 Å². The molecule has 0 saturated heterocycles. The topological polar surface area (TPSA) is 100 Å². The zero-order chi connectivity index (χ0) is 20.7. The van der Waals surface area contributed by atoms with Crippen molar-refractivity contribution < 1.29 is 13.2 Å². The Hall–Kier alpha value is -3.10. The van der Waals surface area contributed by atoms with E-state index >= 15 is 0 Å². The molecule has 2 aromatic carbocycles. The van der Waals surface area contributed by atoms with Crippen LogP contribution in [0, 0.1) is 0 Å². The number of aromatic nitrogens is 1. The minimum atomic E-state index is -3.57. The first-order valence-corrected chi connectivity index (χ1v) is 10.7. The normalized spacial score (nSPS) is 10.9. The van der Waals surface area contributed by atoms with Gasteiger partial charge in [0.25, 0.3) is 0 Å². The molecule has 0 saturated carbocycles. The zero-order valence-corrected chi connectivity index (χ0v) is 16.9. The Morgan fingerprint density at radius 3 is 2.14 bits per heavy atom. The first kappa shape index (κ1) is 20.6. The second-order valence-electron chi connectivity index (χ2n) is 6.23. The number of benzene rings is 2. The van der Waals surface area contributed by atoms with E-state index in [1.807, 2.05) is 12.1 Å². The van der Waals surface area contributed by atoms with Crippen LogP contribution in [0.15, 0.2) is 73.1 Å². The lowest BCUT2D eigenvalue weighted by atomic mass is 10.2. The smallest absolute Gasteiger partial charge is 0.319 e. The third-order valence-corrected chi connectivity index (χ3v) is 5.40. The summed E-state index contributed by atoms with van der Waals surface area (Å²) in [5.74, 6) is -0.165. The lowest BCUT2D eigenvalue weighted by molar-refractivity contribution is 0.251. The molecule has 0 aliphatic heterocycles. The quantitative estimate of drug-likeness (QED) is 0.527. The van der Waals surface area contributed by atoms with Crippen LogP contribution in [0.3, 0.4) is 0 Å². The highest BCUT2D eigenvalue weighted by Gasteiger charge is 2.12. The van der Waals surface area contributed by atoms with Crippen molar-refractivity contribution >= 4 is 39.0 Å². The van der Waals surface area contributed by atoms with Gasteiger partial charge >= 0.3 is 6.03 Å². The minimum absolute atomic E-state index is 0.165. The second kappa shape index (κ2) is 9.40. The van der Waals surface area contributed by atoms with Crippen LogP contribution in [0.1, 0.15) is 11.1 Å². The van der Waals surface area contributed by atoms with Gasteiger partial charge < -0.3 is 10.6 Å². The van der Waals surface area contributed by atoms with Crippen LogP contribution in [0.5, 0.6) is 0 Å². The molecule has 0 atom stereocenters. The first-order chi connectivity index (χ1) is 13.9. The van der Waals surface area contributed by atoms with E-state index in [4.69, 9.17) is 11.6 Å². The van der Waals surface area contributed by atoms with Crippen molar-refractivity contribution in [2.24, 2.45) is 0 Å². The van der Waals surface area contributed by atoms with Gasteiger partial charge in [0.05, 0.1) is 5.75 Å². The number of hydrogen-bond acceptors (Lipinski definition) is 4. The molecule has 3 aromatic rings. The summed E-state index contributed by atoms with van der Waals surface area (Å²) >= 11 is 5.81. The van der Waals surface area contributed by atoms with Crippen molar-refractivity contribution in [3.63, 3.8) is 0 Å². The lowest BCUT2D eigenvalue weighted by Crippen LogP contribution is -2.28. The summed E-state index contributed by atoms with van der Waals surface area (Å²) in [5.41, 5.74) is 2.51. The van der Waals surface area contributed by atoms with Crippen LogP contribution < -0.4 is 15.4 Å². The number of hydrogen-bond donors (Lipinski definition) is 3. The molecule has 1 heterocycles. The number of carbonyl (C=O) groups excluding carboxylic acids is 1. The maximum atomic E-state index is 12.3. The molecule has 9 heteroatoms. The fourth-order valence-corrected chi connectivity index (χ4v) is 3.82. The Bertz CT molecular complexity index is 1060. The predicted octanol–water partition coefficient (Wildman–Crippen LogP) is 4.00. The first-order valence-electron chi connectivity index (χ1n) is 8.68. The van der Waals surface area contributed by atoms with Gasteiger partial charge in [0.1, 0.15) is 0 Å². The predicted molar refractivity (Wildman–Crippen MR) is 114 cm³/mol. The Morgan fingerprint density at radius 1 is 0.862 bits per heavy atom. The second-order valence-corrected chi connectivity index (χ2v) is 8.39. The van der Waals surface area contributed by atoms with E-state index < -0.39 is 10.0 Å². The Labute approximate surface area is 174 Å². The van der Waals surface area contributed by atoms with Crippen molar-refractivity contribution in [3.05, 3.63) is 89.2 Å². The molecular formula is C20H19ClN4O3S. The molecule has 29 heavy (non-hydrogen) atoms. The van der Waals surface area contributed by atoms with Gasteiger partial charge in [-0.1, -0.05) is 23.7 Å². The summed E-state index contributed by atoms with van der Waals surface area (Å²) in [6.45, 7) is 0.372. The lowest BCUT2D eigenvalue weighted by Gasteiger charge is -2.10. The maximum absolute atomic E-state index is 12.3. The maximum Gasteiger partial charge on any atom is 0.319 e. The Balaban J connectivity index is 1.52. The fourth-order valence-electron chi connectivity index (χ4n) is 2.50. The van der Waals surface area contributed by atoms with Gasteiger partial charge in [-0.3, -0.25) is 9.71 Å². The average Bonchev–Trinajstić information content (AvgIpc) is 2.70. The number of urea groups is 1. The summed E-state index contributed by atoms with van der Waals surface area (Å²) in [6, 6.07) is 16.3. The number of anilines is 2. The van der Waals surface area contributed by atoms with Gasteiger partial charge in [-0.15, -0.1) is 0 Å². The van der Waals surface area contributed by atoms with Crippen molar-refractivity contribution in [2.75, 3.05) is 10.0 Å². The van der Waals surface area contributed by atoms with Gasteiger partial charge in [-0.25, -0.2) is 13.2 Å². The number of halogens is 1. The van der Waals surface area contributed by atoms with Gasteiger partial charge in [-0.05, 0) is 59.7 Å². The molecule has 1 aromatic heterocycles. The van der Waals surface area contributed by atoms with E-state index in [0.29, 0.717) is 28.5 Å². The number of nitrogens with zero attached hydrogens (tertiary/aromatic N) is 1. The van der Waals surface area contributed by atoms with Crippen LogP contribution in [0.4, 0.5) is 16.2 Å². The highest BCUT2D eigenvalue weighted by molar-refractivity contribution is 7.91. The SMILES string of the molecule is O=C(NCc1ccncc1)Nc1ccc(NS(=O)(=O)Cc2ccc(Cl)cc2)cc1. The van der Waals surface area contributed by atoms with Crippen molar-refractivity contribution in [3.8, 4) is 0 Å². The molecule has 0 fully saturated rings. The number of nitrogens with one attached hydrogen (secondary N) is 3. The fraction of sp³-hybridized carbons (Fsp3) is 0.100. The standard InChI is InChI=1S/C20H19ClN4O3S/c21-17-3-1-16(2-4-17)14-29(27,28)25-19-7-5-18(6-8-19)24-20(26)23-13-15-9-11-22-12-10-15/h1-12,25H,13-14H2,(H2,23,24,26). The largest absolute Gasteiger partial charge is 0.334 e. The van der Waals surface area contributed by atoms with E-state index in [2.05, 4.69) is 20.3 Å². The van der Waals surface area contributed by atoms with Crippen molar-refractivity contribution in [2.45, 2.75) is 12.3 Å². The van der Waals surface area contributed by atoms with Crippen LogP contribution in [-0.2, 0) is 22.3 Å². The van der Waals surface area contributed by atoms with Crippen LogP contribution in [0.2, 0.25) is 5.02 Å². The number of sulfonamides is 1. The highest BCUT2D eigenvalue weighted by atomic mass is 35.5. The Kier molecular flexibility index (Phi) is 6.69. The molecule has 0 aliphatic carbocycles. The molecule has 3 rings (SSSR count). The average molecular weight is 431 g/mol. The summed E-state index contributed by atoms with van der Waals surface area (Å²) in [5, 5.41) is 5.97. The van der Waals surface area contributed by atoms with Crippen LogP contribution in [-0.4, -0.2) is 19.4 Å². The van der Waals surface area contributed by atoms with Gasteiger partial charge in [0, 0.05) is 35.3 Å². The number of carbonyl (C=O) groups is 1. The molecule has 0 spiro atoms. The van der Waals surface area contributed by atoms with E-state index in [9.17, 15) is 13.2 Å². The summed E-state index contributed by atoms with van der Waals surface area (Å²) in [7, 11) is -3.57. The van der Waals surface area contributed by atoms with E-state index in [1.54, 1.807) is 60.9 Å². The Morgan fingerprint density at radius 2 is 1.48 bits per heavy atom. The molecule has 0 unspecified atom stereocenters. The van der Waals surface area contributed by atoms with E-state index in [0.717, 1.165) is 5.56 Å². The van der Waals surface area contributed by atoms with Crippen molar-refractivity contribution in [1.82, 2.24) is 10.3 Å². The van der Waals surface area contributed by atoms with E-state index in [1.165, 1.54) is 0 Å². The van der Waals surface area contributed by atoms with Gasteiger partial charge in [0.2, 0.25) is 10.0 Å². The highest BCUT2D eigenvalue weighted by Crippen LogP contribution is 2.17. The molecular weight excluding hydrogens is 412 g/mol. The zero-order valence-electron chi connectivity index (χ0n) is 15.3. The van der Waals surface area contributed by atoms with Crippen LogP contribution >= 0.6 is 11.6 Å². The molecule has 0 radical (unpaired) electrons. The van der Waals surface area contributed by atoms with Crippen LogP contribution in [0.25, 0.3) is 0 Å². The minimum Gasteiger partial charge on any atom is -0.334 e. The third kappa shape index (κ3) is 6.78. The molecule has 150 valence electrons. The summed E-state index contributed by atoms with van der Waals surface area (Å²) < 4.78 is 27.1. The summed E-state index contributed by atoms with van der Waals surface area (Å²) in [4.78, 5) is 15.9. The summed E-state index contributed by atoms with van der Waals surface area (Å²) in [6.07, 6.45) is 3.31. The molecule has 0 aliphatic rings. The number of rotatable bonds is 7. The molecule has 2 amide bonds. The van der Waals surface area contributed by atoms with Gasteiger partial charge in [0.15, 0.2) is 0 Å². The molecule has 3 N–H and O–H groups in total. The third-order valence-electron chi connectivity index (χ3n) is 3.89. The number of pyridine rings is 1. The number of amides is 2. The molecule has 7 nitrogen and oxygen atoms in total. The monoisotopic (exact) mass is 430 g/mol. The van der Waals surface area contributed by atoms with Gasteiger partial charge in [-0.2, -0.15) is 0 Å².